The molecule has 1 aromatic carbocycles. The lowest BCUT2D eigenvalue weighted by Gasteiger charge is -2.42. The summed E-state index contributed by atoms with van der Waals surface area (Å²) in [4.78, 5) is 41.4. The fourth-order valence-corrected chi connectivity index (χ4v) is 4.42. The lowest BCUT2D eigenvalue weighted by Crippen LogP contribution is -2.54. The van der Waals surface area contributed by atoms with Crippen LogP contribution in [0.25, 0.3) is 0 Å². The monoisotopic (exact) mass is 489 g/mol. The highest BCUT2D eigenvalue weighted by atomic mass is 16.5. The van der Waals surface area contributed by atoms with Gasteiger partial charge in [-0.1, -0.05) is 6.92 Å². The molecule has 1 fully saturated rings. The van der Waals surface area contributed by atoms with E-state index in [1.54, 1.807) is 30.1 Å². The van der Waals surface area contributed by atoms with E-state index in [4.69, 9.17) is 9.47 Å². The van der Waals surface area contributed by atoms with Gasteiger partial charge >= 0.3 is 6.03 Å². The third kappa shape index (κ3) is 7.57. The molecule has 1 saturated heterocycles. The Labute approximate surface area is 207 Å². The van der Waals surface area contributed by atoms with Crippen LogP contribution in [-0.4, -0.2) is 93.3 Å². The van der Waals surface area contributed by atoms with Crippen molar-refractivity contribution in [2.24, 2.45) is 0 Å². The molecule has 0 aromatic heterocycles. The molecule has 2 heterocycles. The Morgan fingerprint density at radius 1 is 1.17 bits per heavy atom. The Kier molecular flexibility index (Phi) is 9.73. The second-order valence-corrected chi connectivity index (χ2v) is 9.47. The van der Waals surface area contributed by atoms with Gasteiger partial charge in [0.2, 0.25) is 5.91 Å². The molecule has 2 aliphatic heterocycles. The van der Waals surface area contributed by atoms with Crippen molar-refractivity contribution in [2.75, 3.05) is 52.7 Å². The SMILES string of the molecule is CCCNC(=O)Nc1ccc2c(c1)C(=O)N(C)[C@@H]1CC[C@@H](CC(=O)NCCCN(C)C)O[C@@H]1CO2. The van der Waals surface area contributed by atoms with E-state index in [1.165, 1.54) is 0 Å². The summed E-state index contributed by atoms with van der Waals surface area (Å²) >= 11 is 0. The van der Waals surface area contributed by atoms with E-state index in [-0.39, 0.29) is 42.7 Å². The summed E-state index contributed by atoms with van der Waals surface area (Å²) in [7, 11) is 5.78. The average molecular weight is 490 g/mol. The maximum Gasteiger partial charge on any atom is 0.319 e. The minimum Gasteiger partial charge on any atom is -0.490 e. The van der Waals surface area contributed by atoms with Crippen molar-refractivity contribution in [1.29, 1.82) is 0 Å². The third-order valence-corrected chi connectivity index (χ3v) is 6.32. The largest absolute Gasteiger partial charge is 0.490 e. The van der Waals surface area contributed by atoms with Gasteiger partial charge in [0.05, 0.1) is 24.1 Å². The zero-order valence-electron chi connectivity index (χ0n) is 21.3. The van der Waals surface area contributed by atoms with E-state index in [9.17, 15) is 14.4 Å². The molecular weight excluding hydrogens is 450 g/mol. The highest BCUT2D eigenvalue weighted by Crippen LogP contribution is 2.32. The maximum atomic E-state index is 13.3. The topological polar surface area (TPSA) is 112 Å². The van der Waals surface area contributed by atoms with E-state index in [0.717, 1.165) is 25.8 Å². The van der Waals surface area contributed by atoms with Gasteiger partial charge in [0.1, 0.15) is 18.5 Å². The number of likely N-dealkylation sites (N-methyl/N-ethyl adjacent to an activating group) is 1. The molecule has 1 aromatic rings. The van der Waals surface area contributed by atoms with Gasteiger partial charge in [-0.2, -0.15) is 0 Å². The Hall–Kier alpha value is -2.85. The van der Waals surface area contributed by atoms with Crippen molar-refractivity contribution < 1.29 is 23.9 Å². The molecule has 10 nitrogen and oxygen atoms in total. The van der Waals surface area contributed by atoms with Crippen molar-refractivity contribution in [2.45, 2.75) is 57.3 Å². The molecule has 4 amide bonds. The van der Waals surface area contributed by atoms with Crippen molar-refractivity contribution in [3.05, 3.63) is 23.8 Å². The Balaban J connectivity index is 1.60. The Morgan fingerprint density at radius 2 is 1.97 bits per heavy atom. The van der Waals surface area contributed by atoms with Crippen LogP contribution >= 0.6 is 0 Å². The summed E-state index contributed by atoms with van der Waals surface area (Å²) in [5.74, 6) is 0.244. The van der Waals surface area contributed by atoms with Crippen LogP contribution in [0, 0.1) is 0 Å². The van der Waals surface area contributed by atoms with Crippen LogP contribution in [0.4, 0.5) is 10.5 Å². The van der Waals surface area contributed by atoms with Gasteiger partial charge in [0.15, 0.2) is 0 Å². The number of carbonyl (C=O) groups excluding carboxylic acids is 3. The number of rotatable bonds is 9. The molecule has 0 aliphatic carbocycles. The second-order valence-electron chi connectivity index (χ2n) is 9.47. The van der Waals surface area contributed by atoms with E-state index < -0.39 is 0 Å². The third-order valence-electron chi connectivity index (χ3n) is 6.32. The van der Waals surface area contributed by atoms with E-state index in [2.05, 4.69) is 20.9 Å². The zero-order valence-corrected chi connectivity index (χ0v) is 21.3. The second kappa shape index (κ2) is 12.7. The quantitative estimate of drug-likeness (QED) is 0.458. The molecule has 3 rings (SSSR count). The van der Waals surface area contributed by atoms with Gasteiger partial charge in [0, 0.05) is 25.8 Å². The summed E-state index contributed by atoms with van der Waals surface area (Å²) in [6, 6.07) is 4.58. The standard InChI is InChI=1S/C25H39N5O5/c1-5-11-27-25(33)28-17-7-10-21-19(14-17)24(32)30(4)20-9-8-18(35-22(20)16-34-21)15-23(31)26-12-6-13-29(2)3/h7,10,14,18,20,22H,5-6,8-9,11-13,15-16H2,1-4H3,(H,26,31)(H2,27,28,33)/t18-,20+,22+/m0/s1. The lowest BCUT2D eigenvalue weighted by atomic mass is 9.94. The van der Waals surface area contributed by atoms with Crippen molar-refractivity contribution in [3.8, 4) is 5.75 Å². The van der Waals surface area contributed by atoms with Crippen LogP contribution in [-0.2, 0) is 9.53 Å². The number of hydrogen-bond acceptors (Lipinski definition) is 6. The number of hydrogen-bond donors (Lipinski definition) is 3. The first-order valence-electron chi connectivity index (χ1n) is 12.4. The van der Waals surface area contributed by atoms with Gasteiger partial charge in [-0.25, -0.2) is 4.79 Å². The fourth-order valence-electron chi connectivity index (χ4n) is 4.42. The summed E-state index contributed by atoms with van der Waals surface area (Å²) in [5, 5.41) is 8.48. The number of fused-ring (bicyclic) bond motifs is 2. The van der Waals surface area contributed by atoms with Crippen LogP contribution in [0.15, 0.2) is 18.2 Å². The molecule has 0 radical (unpaired) electrons. The predicted molar refractivity (Wildman–Crippen MR) is 134 cm³/mol. The van der Waals surface area contributed by atoms with Gasteiger partial charge < -0.3 is 35.2 Å². The van der Waals surface area contributed by atoms with Crippen LogP contribution in [0.2, 0.25) is 0 Å². The highest BCUT2D eigenvalue weighted by Gasteiger charge is 2.39. The van der Waals surface area contributed by atoms with Gasteiger partial charge in [-0.15, -0.1) is 0 Å². The van der Waals surface area contributed by atoms with Gasteiger partial charge in [0.25, 0.3) is 5.91 Å². The number of benzene rings is 1. The number of ether oxygens (including phenoxy) is 2. The van der Waals surface area contributed by atoms with Crippen molar-refractivity contribution in [1.82, 2.24) is 20.4 Å². The van der Waals surface area contributed by atoms with E-state index in [0.29, 0.717) is 42.9 Å². The first kappa shape index (κ1) is 26.7. The summed E-state index contributed by atoms with van der Waals surface area (Å²) in [5.41, 5.74) is 0.926. The summed E-state index contributed by atoms with van der Waals surface area (Å²) < 4.78 is 12.2. The van der Waals surface area contributed by atoms with Crippen LogP contribution in [0.1, 0.15) is 49.4 Å². The first-order chi connectivity index (χ1) is 16.8. The molecular formula is C25H39N5O5. The van der Waals surface area contributed by atoms with Crippen LogP contribution in [0.5, 0.6) is 5.75 Å². The minimum absolute atomic E-state index is 0.0169. The normalized spacial score (nSPS) is 21.8. The molecule has 0 unspecified atom stereocenters. The van der Waals surface area contributed by atoms with Gasteiger partial charge in [-0.3, -0.25) is 9.59 Å². The van der Waals surface area contributed by atoms with Crippen molar-refractivity contribution >= 4 is 23.5 Å². The van der Waals surface area contributed by atoms with Crippen LogP contribution in [0.3, 0.4) is 0 Å². The van der Waals surface area contributed by atoms with E-state index in [1.807, 2.05) is 21.0 Å². The van der Waals surface area contributed by atoms with E-state index >= 15 is 0 Å². The maximum absolute atomic E-state index is 13.3. The molecule has 0 bridgehead atoms. The number of urea groups is 1. The Bertz CT molecular complexity index is 893. The molecule has 0 saturated carbocycles. The number of amides is 4. The molecule has 194 valence electrons. The average Bonchev–Trinajstić information content (AvgIpc) is 2.83. The molecule has 35 heavy (non-hydrogen) atoms. The number of nitrogens with zero attached hydrogens (tertiary/aromatic N) is 2. The molecule has 0 spiro atoms. The smallest absolute Gasteiger partial charge is 0.319 e. The van der Waals surface area contributed by atoms with Crippen LogP contribution < -0.4 is 20.7 Å². The predicted octanol–water partition coefficient (Wildman–Crippen LogP) is 2.06. The molecule has 2 aliphatic rings. The summed E-state index contributed by atoms with van der Waals surface area (Å²) in [6.45, 7) is 4.39. The first-order valence-corrected chi connectivity index (χ1v) is 12.4. The minimum atomic E-state index is -0.324. The molecule has 10 heteroatoms. The molecule has 3 N–H and O–H groups in total. The number of nitrogens with one attached hydrogen (secondary N) is 3. The highest BCUT2D eigenvalue weighted by molar-refractivity contribution is 5.99. The van der Waals surface area contributed by atoms with Crippen molar-refractivity contribution in [3.63, 3.8) is 0 Å². The Morgan fingerprint density at radius 3 is 2.71 bits per heavy atom. The number of carbonyl (C=O) groups is 3. The molecule has 3 atom stereocenters. The lowest BCUT2D eigenvalue weighted by molar-refractivity contribution is -0.134. The number of anilines is 1. The van der Waals surface area contributed by atoms with Gasteiger partial charge in [-0.05, 0) is 64.5 Å². The fraction of sp³-hybridized carbons (Fsp3) is 0.640. The zero-order chi connectivity index (χ0) is 25.4. The summed E-state index contributed by atoms with van der Waals surface area (Å²) in [6.07, 6.45) is 2.92.